The molecule has 5 heteroatoms. The number of aliphatic carboxylic acids is 1. The third-order valence-electron chi connectivity index (χ3n) is 4.58. The number of allylic oxidation sites excluding steroid dienone is 1. The predicted molar refractivity (Wildman–Crippen MR) is 135 cm³/mol. The number of ether oxygens (including phenoxy) is 1. The van der Waals surface area contributed by atoms with Crippen LogP contribution in [0.2, 0.25) is 0 Å². The third kappa shape index (κ3) is 15.6. The fraction of sp³-hybridized carbons (Fsp3) is 0.630. The van der Waals surface area contributed by atoms with E-state index in [9.17, 15) is 9.59 Å². The van der Waals surface area contributed by atoms with E-state index < -0.39 is 17.3 Å². The van der Waals surface area contributed by atoms with Crippen molar-refractivity contribution in [1.29, 1.82) is 0 Å². The third-order valence-corrected chi connectivity index (χ3v) is 4.58. The number of carboxylic acids is 1. The van der Waals surface area contributed by atoms with Crippen LogP contribution in [-0.4, -0.2) is 36.7 Å². The summed E-state index contributed by atoms with van der Waals surface area (Å²) in [4.78, 5) is 22.1. The van der Waals surface area contributed by atoms with Gasteiger partial charge in [-0.05, 0) is 71.6 Å². The smallest absolute Gasteiger partial charge is 0.311 e. The van der Waals surface area contributed by atoms with Crippen LogP contribution >= 0.6 is 0 Å². The first-order valence-electron chi connectivity index (χ1n) is 11.7. The Kier molecular flexibility index (Phi) is 17.4. The van der Waals surface area contributed by atoms with Crippen LogP contribution in [-0.2, 0) is 20.7 Å². The molecule has 5 nitrogen and oxygen atoms in total. The van der Waals surface area contributed by atoms with Gasteiger partial charge in [0.25, 0.3) is 0 Å². The summed E-state index contributed by atoms with van der Waals surface area (Å²) < 4.78 is 5.06. The van der Waals surface area contributed by atoms with Gasteiger partial charge in [-0.15, -0.1) is 0 Å². The van der Waals surface area contributed by atoms with E-state index in [-0.39, 0.29) is 5.97 Å². The van der Waals surface area contributed by atoms with Crippen LogP contribution in [0.1, 0.15) is 85.8 Å². The summed E-state index contributed by atoms with van der Waals surface area (Å²) >= 11 is 0. The summed E-state index contributed by atoms with van der Waals surface area (Å²) in [5.74, 6) is -0.705. The molecule has 0 heterocycles. The summed E-state index contributed by atoms with van der Waals surface area (Å²) in [6.07, 6.45) is 5.95. The Balaban J connectivity index is 0. The van der Waals surface area contributed by atoms with E-state index in [2.05, 4.69) is 32.2 Å². The Morgan fingerprint density at radius 1 is 1.03 bits per heavy atom. The van der Waals surface area contributed by atoms with Crippen molar-refractivity contribution in [3.63, 3.8) is 0 Å². The molecular weight excluding hydrogens is 402 g/mol. The van der Waals surface area contributed by atoms with Gasteiger partial charge in [-0.3, -0.25) is 9.59 Å². The highest BCUT2D eigenvalue weighted by Gasteiger charge is 2.22. The molecule has 0 bridgehead atoms. The second kappa shape index (κ2) is 17.4. The molecular formula is C27H47NO4. The number of hydrogen-bond donors (Lipinski definition) is 2. The van der Waals surface area contributed by atoms with Crippen molar-refractivity contribution in [3.8, 4) is 0 Å². The van der Waals surface area contributed by atoms with E-state index in [0.717, 1.165) is 18.4 Å². The number of esters is 1. The lowest BCUT2D eigenvalue weighted by atomic mass is 9.97. The minimum Gasteiger partial charge on any atom is -0.481 e. The molecule has 2 N–H and O–H groups in total. The SMILES string of the molecule is CC.CC(C)C/C=C\COC(=O)C(C)(C)C.CNC(C)Cc1ccc(C(C)C(=O)O)cc1. The van der Waals surface area contributed by atoms with Crippen LogP contribution in [0.4, 0.5) is 0 Å². The second-order valence-electron chi connectivity index (χ2n) is 9.14. The van der Waals surface area contributed by atoms with Crippen molar-refractivity contribution in [2.45, 2.75) is 87.1 Å². The zero-order valence-electron chi connectivity index (χ0n) is 22.0. The minimum absolute atomic E-state index is 0.147. The Hall–Kier alpha value is -2.14. The van der Waals surface area contributed by atoms with E-state index in [0.29, 0.717) is 18.6 Å². The molecule has 0 fully saturated rings. The van der Waals surface area contributed by atoms with E-state index in [4.69, 9.17) is 9.84 Å². The van der Waals surface area contributed by atoms with Gasteiger partial charge in [0.05, 0.1) is 11.3 Å². The van der Waals surface area contributed by atoms with Gasteiger partial charge in [0, 0.05) is 6.04 Å². The largest absolute Gasteiger partial charge is 0.481 e. The van der Waals surface area contributed by atoms with Gasteiger partial charge >= 0.3 is 11.9 Å². The maximum Gasteiger partial charge on any atom is 0.311 e. The van der Waals surface area contributed by atoms with Gasteiger partial charge in [-0.1, -0.05) is 64.1 Å². The van der Waals surface area contributed by atoms with Crippen LogP contribution < -0.4 is 5.32 Å². The van der Waals surface area contributed by atoms with Crippen LogP contribution in [0.5, 0.6) is 0 Å². The van der Waals surface area contributed by atoms with Crippen molar-refractivity contribution in [2.75, 3.05) is 13.7 Å². The highest BCUT2D eigenvalue weighted by Crippen LogP contribution is 2.17. The lowest BCUT2D eigenvalue weighted by molar-refractivity contribution is -0.151. The molecule has 32 heavy (non-hydrogen) atoms. The molecule has 0 aliphatic carbocycles. The first-order chi connectivity index (χ1) is 14.9. The van der Waals surface area contributed by atoms with Gasteiger partial charge in [0.2, 0.25) is 0 Å². The highest BCUT2D eigenvalue weighted by atomic mass is 16.5. The van der Waals surface area contributed by atoms with Crippen molar-refractivity contribution in [3.05, 3.63) is 47.5 Å². The van der Waals surface area contributed by atoms with Gasteiger partial charge in [0.15, 0.2) is 0 Å². The number of rotatable bonds is 9. The number of carboxylic acid groups (broad SMARTS) is 1. The molecule has 0 amide bonds. The molecule has 0 spiro atoms. The molecule has 0 aliphatic heterocycles. The van der Waals surface area contributed by atoms with Crippen molar-refractivity contribution < 1.29 is 19.4 Å². The standard InChI is InChI=1S/C13H19NO2.C12H22O2.C2H6/c1-9(14-3)8-11-4-6-12(7-5-11)10(2)13(15)16;1-10(2)8-6-7-9-14-11(13)12(3,4)5;1-2/h4-7,9-10,14H,8H2,1-3H3,(H,15,16);6-7,10H,8-9H2,1-5H3;1-2H3/b;7-6-;. The fourth-order valence-corrected chi connectivity index (χ4v) is 2.32. The molecule has 0 aromatic heterocycles. The Morgan fingerprint density at radius 2 is 1.56 bits per heavy atom. The maximum atomic E-state index is 11.3. The average Bonchev–Trinajstić information content (AvgIpc) is 2.74. The number of benzene rings is 1. The van der Waals surface area contributed by atoms with Crippen LogP contribution in [0.25, 0.3) is 0 Å². The highest BCUT2D eigenvalue weighted by molar-refractivity contribution is 5.75. The van der Waals surface area contributed by atoms with Gasteiger partial charge in [0.1, 0.15) is 6.61 Å². The zero-order chi connectivity index (χ0) is 25.3. The quantitative estimate of drug-likeness (QED) is 0.345. The van der Waals surface area contributed by atoms with E-state index in [1.165, 1.54) is 5.56 Å². The molecule has 2 atom stereocenters. The van der Waals surface area contributed by atoms with Crippen molar-refractivity contribution in [1.82, 2.24) is 5.32 Å². The van der Waals surface area contributed by atoms with Crippen LogP contribution in [0, 0.1) is 11.3 Å². The number of nitrogens with one attached hydrogen (secondary N) is 1. The zero-order valence-corrected chi connectivity index (χ0v) is 22.0. The second-order valence-corrected chi connectivity index (χ2v) is 9.14. The molecule has 1 aromatic rings. The Bertz CT molecular complexity index is 657. The Labute approximate surface area is 196 Å². The maximum absolute atomic E-state index is 11.3. The number of carbonyl (C=O) groups is 2. The summed E-state index contributed by atoms with van der Waals surface area (Å²) in [5.41, 5.74) is 1.68. The first-order valence-corrected chi connectivity index (χ1v) is 11.7. The summed E-state index contributed by atoms with van der Waals surface area (Å²) in [6.45, 7) is 18.1. The molecule has 0 saturated heterocycles. The molecule has 184 valence electrons. The number of hydrogen-bond acceptors (Lipinski definition) is 4. The molecule has 2 unspecified atom stereocenters. The molecule has 1 aromatic carbocycles. The Morgan fingerprint density at radius 3 is 1.97 bits per heavy atom. The van der Waals surface area contributed by atoms with E-state index >= 15 is 0 Å². The van der Waals surface area contributed by atoms with E-state index in [1.54, 1.807) is 6.92 Å². The molecule has 0 radical (unpaired) electrons. The summed E-state index contributed by atoms with van der Waals surface area (Å²) in [6, 6.07) is 8.24. The predicted octanol–water partition coefficient (Wildman–Crippen LogP) is 6.23. The monoisotopic (exact) mass is 449 g/mol. The lowest BCUT2D eigenvalue weighted by Crippen LogP contribution is -2.23. The summed E-state index contributed by atoms with van der Waals surface area (Å²) in [7, 11) is 1.94. The lowest BCUT2D eigenvalue weighted by Gasteiger charge is -2.15. The van der Waals surface area contributed by atoms with Crippen LogP contribution in [0.15, 0.2) is 36.4 Å². The summed E-state index contributed by atoms with van der Waals surface area (Å²) in [5, 5.41) is 12.1. The topological polar surface area (TPSA) is 75.6 Å². The first kappa shape index (κ1) is 32.0. The van der Waals surface area contributed by atoms with Gasteiger partial charge < -0.3 is 15.2 Å². The average molecular weight is 450 g/mol. The van der Waals surface area contributed by atoms with Crippen molar-refractivity contribution >= 4 is 11.9 Å². The van der Waals surface area contributed by atoms with Gasteiger partial charge in [-0.25, -0.2) is 0 Å². The fourth-order valence-electron chi connectivity index (χ4n) is 2.32. The van der Waals surface area contributed by atoms with Crippen LogP contribution in [0.3, 0.4) is 0 Å². The minimum atomic E-state index is -0.781. The van der Waals surface area contributed by atoms with Gasteiger partial charge in [-0.2, -0.15) is 0 Å². The number of likely N-dealkylation sites (N-methyl/N-ethyl adjacent to an activating group) is 1. The molecule has 1 rings (SSSR count). The molecule has 0 aliphatic rings. The van der Waals surface area contributed by atoms with E-state index in [1.807, 2.05) is 72.0 Å². The normalized spacial score (nSPS) is 12.8. The van der Waals surface area contributed by atoms with Crippen molar-refractivity contribution in [2.24, 2.45) is 11.3 Å². The number of carbonyl (C=O) groups excluding carboxylic acids is 1. The molecule has 0 saturated carbocycles.